The third kappa shape index (κ3) is 5.88. The number of fused-ring (bicyclic) bond motifs is 1. The smallest absolute Gasteiger partial charge is 0.278 e. The molecular weight excluding hydrogens is 508 g/mol. The predicted molar refractivity (Wildman–Crippen MR) is 148 cm³/mol. The summed E-state index contributed by atoms with van der Waals surface area (Å²) in [5.74, 6) is 0. The van der Waals surface area contributed by atoms with Gasteiger partial charge in [-0.05, 0) is 16.7 Å². The Morgan fingerprint density at radius 2 is 1.30 bits per heavy atom. The lowest BCUT2D eigenvalue weighted by Crippen LogP contribution is -2.54. The second-order valence-corrected chi connectivity index (χ2v) is 9.64. The van der Waals surface area contributed by atoms with Crippen LogP contribution in [-0.4, -0.2) is 44.4 Å². The molecule has 204 valence electrons. The number of nitrogens with zero attached hydrogens (tertiary/aromatic N) is 3. The molecule has 3 heterocycles. The van der Waals surface area contributed by atoms with Gasteiger partial charge in [-0.1, -0.05) is 91.0 Å². The zero-order chi connectivity index (χ0) is 27.1. The summed E-state index contributed by atoms with van der Waals surface area (Å²) in [7, 11) is 0. The van der Waals surface area contributed by atoms with Crippen molar-refractivity contribution >= 4 is 11.2 Å². The van der Waals surface area contributed by atoms with E-state index >= 15 is 0 Å². The largest absolute Gasteiger partial charge is 0.368 e. The summed E-state index contributed by atoms with van der Waals surface area (Å²) in [5.41, 5.74) is 3.43. The Kier molecular flexibility index (Phi) is 8.06. The summed E-state index contributed by atoms with van der Waals surface area (Å²) in [6.45, 7) is 1.37. The highest BCUT2D eigenvalue weighted by Gasteiger charge is 2.44. The zero-order valence-corrected chi connectivity index (χ0v) is 21.8. The Bertz CT molecular complexity index is 1560. The minimum absolute atomic E-state index is 0.233. The summed E-state index contributed by atoms with van der Waals surface area (Å²) < 4.78 is 27.7. The van der Waals surface area contributed by atoms with Crippen molar-refractivity contribution in [1.82, 2.24) is 19.5 Å². The van der Waals surface area contributed by atoms with Crippen LogP contribution in [0.25, 0.3) is 11.2 Å². The molecule has 0 unspecified atom stereocenters. The molecular formula is C31H30N4O5. The van der Waals surface area contributed by atoms with Crippen LogP contribution in [0.2, 0.25) is 0 Å². The van der Waals surface area contributed by atoms with Gasteiger partial charge in [0, 0.05) is 0 Å². The number of H-pyrrole nitrogens is 1. The van der Waals surface area contributed by atoms with Crippen LogP contribution in [0.3, 0.4) is 0 Å². The summed E-state index contributed by atoms with van der Waals surface area (Å²) in [6.07, 6.45) is 0.770. The summed E-state index contributed by atoms with van der Waals surface area (Å²) in [6, 6.07) is 29.9. The van der Waals surface area contributed by atoms with E-state index in [1.807, 2.05) is 91.0 Å². The molecule has 0 aliphatic carbocycles. The van der Waals surface area contributed by atoms with E-state index in [2.05, 4.69) is 15.0 Å². The fourth-order valence-electron chi connectivity index (χ4n) is 4.88. The van der Waals surface area contributed by atoms with Crippen LogP contribution in [0.4, 0.5) is 0 Å². The molecule has 0 saturated carbocycles. The predicted octanol–water partition coefficient (Wildman–Crippen LogP) is 4.40. The fraction of sp³-hybridized carbons (Fsp3) is 0.258. The van der Waals surface area contributed by atoms with Crippen molar-refractivity contribution in [3.8, 4) is 0 Å². The molecule has 9 nitrogen and oxygen atoms in total. The van der Waals surface area contributed by atoms with E-state index in [1.54, 1.807) is 10.9 Å². The third-order valence-corrected chi connectivity index (χ3v) is 6.92. The molecule has 5 aromatic rings. The summed E-state index contributed by atoms with van der Waals surface area (Å²) in [5, 5.41) is 0. The van der Waals surface area contributed by atoms with E-state index in [1.165, 1.54) is 6.33 Å². The lowest BCUT2D eigenvalue weighted by atomic mass is 10.0. The van der Waals surface area contributed by atoms with Crippen molar-refractivity contribution in [3.05, 3.63) is 131 Å². The molecule has 1 saturated heterocycles. The molecule has 3 aromatic carbocycles. The first-order valence-corrected chi connectivity index (χ1v) is 13.2. The second-order valence-electron chi connectivity index (χ2n) is 9.64. The van der Waals surface area contributed by atoms with Crippen LogP contribution in [0.15, 0.2) is 108 Å². The molecule has 0 amide bonds. The first-order valence-electron chi connectivity index (χ1n) is 13.2. The number of imidazole rings is 1. The third-order valence-electron chi connectivity index (χ3n) is 6.92. The van der Waals surface area contributed by atoms with E-state index in [4.69, 9.17) is 18.9 Å². The maximum Gasteiger partial charge on any atom is 0.278 e. The quantitative estimate of drug-likeness (QED) is 0.281. The van der Waals surface area contributed by atoms with Crippen LogP contribution in [0.1, 0.15) is 22.9 Å². The first-order chi connectivity index (χ1) is 19.8. The van der Waals surface area contributed by atoms with E-state index in [9.17, 15) is 4.79 Å². The van der Waals surface area contributed by atoms with Crippen LogP contribution >= 0.6 is 0 Å². The topological polar surface area (TPSA) is 100 Å². The number of rotatable bonds is 10. The lowest BCUT2D eigenvalue weighted by molar-refractivity contribution is -0.255. The Labute approximate surface area is 231 Å². The van der Waals surface area contributed by atoms with E-state index in [-0.39, 0.29) is 17.7 Å². The molecule has 1 aliphatic heterocycles. The minimum atomic E-state index is -0.652. The van der Waals surface area contributed by atoms with E-state index < -0.39 is 24.5 Å². The molecule has 1 aliphatic rings. The standard InChI is InChI=1S/C31H30N4O5/c36-30-26-29(32-20-33-30)35(21-34-26)31-28(39-18-24-14-8-3-9-15-24)27(38-17-23-12-6-2-7-13-23)25(19-40-31)37-16-22-10-4-1-5-11-22/h1-15,20-21,25,27-28,31H,16-19H2,(H,32,33,36)/t25-,27-,28-,31+/m1/s1. The minimum Gasteiger partial charge on any atom is -0.368 e. The summed E-state index contributed by atoms with van der Waals surface area (Å²) in [4.78, 5) is 23.6. The highest BCUT2D eigenvalue weighted by atomic mass is 16.6. The average molecular weight is 539 g/mol. The van der Waals surface area contributed by atoms with E-state index in [0.29, 0.717) is 25.5 Å². The molecule has 9 heteroatoms. The summed E-state index contributed by atoms with van der Waals surface area (Å²) >= 11 is 0. The number of nitrogens with one attached hydrogen (secondary N) is 1. The number of aromatic amines is 1. The molecule has 40 heavy (non-hydrogen) atoms. The van der Waals surface area contributed by atoms with Gasteiger partial charge in [0.1, 0.15) is 18.3 Å². The van der Waals surface area contributed by atoms with Crippen LogP contribution in [0.5, 0.6) is 0 Å². The van der Waals surface area contributed by atoms with Gasteiger partial charge >= 0.3 is 0 Å². The first kappa shape index (κ1) is 26.1. The molecule has 0 spiro atoms. The van der Waals surface area contributed by atoms with Crippen LogP contribution in [-0.2, 0) is 38.8 Å². The van der Waals surface area contributed by atoms with Gasteiger partial charge in [-0.3, -0.25) is 9.36 Å². The maximum atomic E-state index is 12.4. The highest BCUT2D eigenvalue weighted by molar-refractivity contribution is 5.68. The zero-order valence-electron chi connectivity index (χ0n) is 21.8. The van der Waals surface area contributed by atoms with Gasteiger partial charge < -0.3 is 23.9 Å². The molecule has 6 rings (SSSR count). The Hall–Kier alpha value is -4.15. The van der Waals surface area contributed by atoms with Crippen molar-refractivity contribution in [2.75, 3.05) is 6.61 Å². The Morgan fingerprint density at radius 3 is 1.90 bits per heavy atom. The molecule has 0 radical (unpaired) electrons. The van der Waals surface area contributed by atoms with Crippen molar-refractivity contribution in [3.63, 3.8) is 0 Å². The average Bonchev–Trinajstić information content (AvgIpc) is 3.45. The molecule has 0 bridgehead atoms. The number of hydrogen-bond donors (Lipinski definition) is 1. The van der Waals surface area contributed by atoms with Gasteiger partial charge in [-0.15, -0.1) is 0 Å². The van der Waals surface area contributed by atoms with E-state index in [0.717, 1.165) is 16.7 Å². The van der Waals surface area contributed by atoms with Crippen molar-refractivity contribution in [2.24, 2.45) is 0 Å². The SMILES string of the molecule is O=c1[nH]cnc2c1ncn2[C@H]1OC[C@@H](OCc2ccccc2)[C@@H](OCc2ccccc2)[C@H]1OCc1ccccc1. The number of hydrogen-bond acceptors (Lipinski definition) is 7. The molecule has 1 fully saturated rings. The maximum absolute atomic E-state index is 12.4. The van der Waals surface area contributed by atoms with Crippen LogP contribution < -0.4 is 5.56 Å². The number of benzene rings is 3. The number of ether oxygens (including phenoxy) is 4. The van der Waals surface area contributed by atoms with Crippen molar-refractivity contribution < 1.29 is 18.9 Å². The Morgan fingerprint density at radius 1 is 0.750 bits per heavy atom. The fourth-order valence-corrected chi connectivity index (χ4v) is 4.88. The Balaban J connectivity index is 1.33. The van der Waals surface area contributed by atoms with Gasteiger partial charge in [0.05, 0.1) is 39.1 Å². The van der Waals surface area contributed by atoms with Crippen molar-refractivity contribution in [2.45, 2.75) is 44.4 Å². The number of aromatic nitrogens is 4. The molecule has 4 atom stereocenters. The van der Waals surface area contributed by atoms with Gasteiger partial charge in [-0.25, -0.2) is 9.97 Å². The molecule has 2 aromatic heterocycles. The highest BCUT2D eigenvalue weighted by Crippen LogP contribution is 2.33. The van der Waals surface area contributed by atoms with Gasteiger partial charge in [-0.2, -0.15) is 0 Å². The molecule has 1 N–H and O–H groups in total. The van der Waals surface area contributed by atoms with Gasteiger partial charge in [0.25, 0.3) is 5.56 Å². The lowest BCUT2D eigenvalue weighted by Gasteiger charge is -2.42. The van der Waals surface area contributed by atoms with Gasteiger partial charge in [0.2, 0.25) is 0 Å². The van der Waals surface area contributed by atoms with Crippen molar-refractivity contribution in [1.29, 1.82) is 0 Å². The monoisotopic (exact) mass is 538 g/mol. The second kappa shape index (κ2) is 12.4. The van der Waals surface area contributed by atoms with Crippen LogP contribution in [0, 0.1) is 0 Å². The normalized spacial score (nSPS) is 21.0. The van der Waals surface area contributed by atoms with Gasteiger partial charge in [0.15, 0.2) is 17.4 Å².